The van der Waals surface area contributed by atoms with Crippen LogP contribution in [-0.4, -0.2) is 0 Å². The summed E-state index contributed by atoms with van der Waals surface area (Å²) in [7, 11) is 0. The second-order valence-corrected chi connectivity index (χ2v) is 28.7. The third kappa shape index (κ3) is 6.59. The molecule has 0 saturated heterocycles. The topological polar surface area (TPSA) is 26.3 Å². The molecule has 14 aromatic rings. The standard InChI is InChI=1S/C88H68O2/c1-48-40-49(2)79(50(3)41-48)65-47-75-80(83-62-24-14-19-29-77(62)90-84(65)83)60-35-31-51(42-70(60)87(75,8)9)30-34-54(53-32-36-58-57-22-12-17-27-68(57)88(74(58)44-53)66-25-15-10-20-55(66)56-21-11-16-26-67(56)88)52-33-37-59-63-45-73-64(46-72(63)86(6,7)71(59)43-52)81-69(85(73,4)5)38-39-78-82(81)61-23-13-18-28-76(61)89-78/h10-29,31-33,35-47,54H,30,34H2,1-9H3. The van der Waals surface area contributed by atoms with Gasteiger partial charge in [0.2, 0.25) is 0 Å². The summed E-state index contributed by atoms with van der Waals surface area (Å²) >= 11 is 0. The second kappa shape index (κ2) is 17.8. The molecule has 12 aromatic carbocycles. The number of fused-ring (bicyclic) bond motifs is 27. The van der Waals surface area contributed by atoms with E-state index in [1.165, 1.54) is 177 Å². The first-order valence-corrected chi connectivity index (χ1v) is 32.6. The molecular weight excluding hydrogens is 1090 g/mol. The molecule has 90 heavy (non-hydrogen) atoms. The van der Waals surface area contributed by atoms with Crippen molar-refractivity contribution in [1.29, 1.82) is 0 Å². The molecule has 432 valence electrons. The van der Waals surface area contributed by atoms with Crippen LogP contribution >= 0.6 is 0 Å². The number of para-hydroxylation sites is 2. The molecule has 2 nitrogen and oxygen atoms in total. The van der Waals surface area contributed by atoms with E-state index >= 15 is 0 Å². The lowest BCUT2D eigenvalue weighted by Crippen LogP contribution is -2.26. The number of rotatable bonds is 6. The van der Waals surface area contributed by atoms with Crippen LogP contribution in [0.15, 0.2) is 227 Å². The van der Waals surface area contributed by atoms with Gasteiger partial charge in [-0.15, -0.1) is 0 Å². The molecule has 5 aliphatic carbocycles. The maximum Gasteiger partial charge on any atom is 0.143 e. The Morgan fingerprint density at radius 1 is 0.322 bits per heavy atom. The van der Waals surface area contributed by atoms with E-state index in [1.54, 1.807) is 0 Å². The van der Waals surface area contributed by atoms with Gasteiger partial charge in [0.25, 0.3) is 0 Å². The molecule has 0 fully saturated rings. The Morgan fingerprint density at radius 3 is 1.47 bits per heavy atom. The van der Waals surface area contributed by atoms with Gasteiger partial charge >= 0.3 is 0 Å². The van der Waals surface area contributed by atoms with Crippen LogP contribution in [0.1, 0.15) is 143 Å². The van der Waals surface area contributed by atoms with Gasteiger partial charge in [0.1, 0.15) is 22.3 Å². The van der Waals surface area contributed by atoms with E-state index in [0.29, 0.717) is 0 Å². The molecule has 1 spiro atoms. The number of furan rings is 2. The van der Waals surface area contributed by atoms with Crippen molar-refractivity contribution in [2.75, 3.05) is 0 Å². The van der Waals surface area contributed by atoms with Crippen LogP contribution in [0.4, 0.5) is 0 Å². The minimum Gasteiger partial charge on any atom is -0.456 e. The fraction of sp³-hybridized carbons (Fsp3) is 0.182. The Morgan fingerprint density at radius 2 is 0.800 bits per heavy atom. The number of hydrogen-bond acceptors (Lipinski definition) is 2. The molecule has 1 unspecified atom stereocenters. The molecule has 19 rings (SSSR count). The maximum atomic E-state index is 6.99. The first-order valence-electron chi connectivity index (χ1n) is 32.6. The smallest absolute Gasteiger partial charge is 0.143 e. The molecule has 1 atom stereocenters. The molecule has 2 heterocycles. The summed E-state index contributed by atoms with van der Waals surface area (Å²) in [6.45, 7) is 21.4. The minimum absolute atomic E-state index is 0.0881. The molecular formula is C88H68O2. The van der Waals surface area contributed by atoms with Gasteiger partial charge < -0.3 is 8.83 Å². The minimum atomic E-state index is -0.439. The van der Waals surface area contributed by atoms with Gasteiger partial charge in [-0.1, -0.05) is 229 Å². The number of benzene rings is 12. The van der Waals surface area contributed by atoms with Gasteiger partial charge in [0.05, 0.1) is 5.41 Å². The van der Waals surface area contributed by atoms with Crippen LogP contribution in [0.3, 0.4) is 0 Å². The van der Waals surface area contributed by atoms with E-state index in [0.717, 1.165) is 35.2 Å². The van der Waals surface area contributed by atoms with Crippen LogP contribution in [0.5, 0.6) is 0 Å². The van der Waals surface area contributed by atoms with Crippen LogP contribution in [-0.2, 0) is 28.1 Å². The zero-order chi connectivity index (χ0) is 60.6. The first kappa shape index (κ1) is 52.2. The zero-order valence-corrected chi connectivity index (χ0v) is 52.6. The highest BCUT2D eigenvalue weighted by atomic mass is 16.3. The second-order valence-electron chi connectivity index (χ2n) is 28.7. The van der Waals surface area contributed by atoms with E-state index in [1.807, 2.05) is 0 Å². The summed E-state index contributed by atoms with van der Waals surface area (Å²) in [6, 6.07) is 84.4. The van der Waals surface area contributed by atoms with Crippen LogP contribution < -0.4 is 0 Å². The average Bonchev–Trinajstić information content (AvgIpc) is 1.53. The van der Waals surface area contributed by atoms with Crippen LogP contribution in [0.25, 0.3) is 111 Å². The summed E-state index contributed by atoms with van der Waals surface area (Å²) in [4.78, 5) is 0. The first-order chi connectivity index (χ1) is 43.6. The molecule has 2 aromatic heterocycles. The zero-order valence-electron chi connectivity index (χ0n) is 52.6. The quantitative estimate of drug-likeness (QED) is 0.166. The molecule has 0 N–H and O–H groups in total. The van der Waals surface area contributed by atoms with Crippen molar-refractivity contribution in [3.8, 4) is 66.8 Å². The molecule has 0 aliphatic heterocycles. The number of hydrogen-bond donors (Lipinski definition) is 0. The van der Waals surface area contributed by atoms with E-state index in [-0.39, 0.29) is 22.2 Å². The van der Waals surface area contributed by atoms with Crippen molar-refractivity contribution in [1.82, 2.24) is 0 Å². The lowest BCUT2D eigenvalue weighted by atomic mass is 9.70. The van der Waals surface area contributed by atoms with Gasteiger partial charge in [0.15, 0.2) is 0 Å². The Kier molecular flexibility index (Phi) is 10.3. The van der Waals surface area contributed by atoms with Crippen LogP contribution in [0.2, 0.25) is 0 Å². The van der Waals surface area contributed by atoms with Gasteiger partial charge in [-0.25, -0.2) is 0 Å². The molecule has 5 aliphatic rings. The predicted molar refractivity (Wildman–Crippen MR) is 373 cm³/mol. The van der Waals surface area contributed by atoms with Crippen molar-refractivity contribution in [2.24, 2.45) is 0 Å². The largest absolute Gasteiger partial charge is 0.456 e. The third-order valence-electron chi connectivity index (χ3n) is 22.8. The van der Waals surface area contributed by atoms with Gasteiger partial charge in [0, 0.05) is 49.3 Å². The Balaban J connectivity index is 0.767. The number of aryl methyl sites for hydroxylation is 4. The summed E-state index contributed by atoms with van der Waals surface area (Å²) in [6.07, 6.45) is 1.85. The van der Waals surface area contributed by atoms with E-state index in [2.05, 4.69) is 281 Å². The highest BCUT2D eigenvalue weighted by molar-refractivity contribution is 6.19. The van der Waals surface area contributed by atoms with Crippen LogP contribution in [0, 0.1) is 20.8 Å². The monoisotopic (exact) mass is 1160 g/mol. The van der Waals surface area contributed by atoms with E-state index in [9.17, 15) is 0 Å². The lowest BCUT2D eigenvalue weighted by Gasteiger charge is -2.31. The summed E-state index contributed by atoms with van der Waals surface area (Å²) < 4.78 is 13.5. The average molecular weight is 1160 g/mol. The Labute approximate surface area is 526 Å². The highest BCUT2D eigenvalue weighted by Gasteiger charge is 2.52. The summed E-state index contributed by atoms with van der Waals surface area (Å²) in [5.41, 5.74) is 40.2. The summed E-state index contributed by atoms with van der Waals surface area (Å²) in [5, 5.41) is 4.82. The maximum absolute atomic E-state index is 6.99. The fourth-order valence-electron chi connectivity index (χ4n) is 18.8. The normalized spacial score (nSPS) is 16.0. The summed E-state index contributed by atoms with van der Waals surface area (Å²) in [5.74, 6) is 0.0881. The van der Waals surface area contributed by atoms with Gasteiger partial charge in [-0.05, 0) is 215 Å². The van der Waals surface area contributed by atoms with Crippen molar-refractivity contribution >= 4 is 43.9 Å². The Hall–Kier alpha value is -9.76. The van der Waals surface area contributed by atoms with Gasteiger partial charge in [-0.2, -0.15) is 0 Å². The van der Waals surface area contributed by atoms with Crippen molar-refractivity contribution in [3.63, 3.8) is 0 Å². The third-order valence-corrected chi connectivity index (χ3v) is 22.8. The Bertz CT molecular complexity index is 5480. The predicted octanol–water partition coefficient (Wildman–Crippen LogP) is 23.1. The lowest BCUT2D eigenvalue weighted by molar-refractivity contribution is 0.647. The van der Waals surface area contributed by atoms with Gasteiger partial charge in [-0.3, -0.25) is 0 Å². The molecule has 0 radical (unpaired) electrons. The molecule has 2 heteroatoms. The SMILES string of the molecule is Cc1cc(C)c(-c2cc3c(c4c2oc2ccccc24)-c2ccc(CCC(c4ccc5c(c4)C(C)(C)c4cc6c(cc4-5)C(C)(C)c4ccc5oc7ccccc7c5c4-6)c4ccc5c(c4)C4(c6ccccc6-c6ccccc64)c4ccccc4-5)cc2C3(C)C)c(C)c1. The van der Waals surface area contributed by atoms with E-state index < -0.39 is 5.41 Å². The van der Waals surface area contributed by atoms with Crippen molar-refractivity contribution < 1.29 is 8.83 Å². The van der Waals surface area contributed by atoms with Crippen molar-refractivity contribution in [2.45, 2.75) is 103 Å². The molecule has 0 bridgehead atoms. The fourth-order valence-corrected chi connectivity index (χ4v) is 18.8. The van der Waals surface area contributed by atoms with E-state index in [4.69, 9.17) is 8.83 Å². The molecule has 0 saturated carbocycles. The highest BCUT2D eigenvalue weighted by Crippen LogP contribution is 2.64. The molecule has 0 amide bonds. The van der Waals surface area contributed by atoms with Crippen molar-refractivity contribution in [3.05, 3.63) is 307 Å².